The minimum absolute atomic E-state index is 0.212. The third-order valence-corrected chi connectivity index (χ3v) is 7.57. The van der Waals surface area contributed by atoms with Gasteiger partial charge in [-0.05, 0) is 54.1 Å². The van der Waals surface area contributed by atoms with Crippen LogP contribution in [0.3, 0.4) is 0 Å². The van der Waals surface area contributed by atoms with Crippen LogP contribution in [-0.4, -0.2) is 36.6 Å². The van der Waals surface area contributed by atoms with Gasteiger partial charge in [-0.25, -0.2) is 4.98 Å². The minimum Gasteiger partial charge on any atom is -0.385 e. The Morgan fingerprint density at radius 3 is 2.62 bits per heavy atom. The number of anilines is 1. The second kappa shape index (κ2) is 6.91. The van der Waals surface area contributed by atoms with Gasteiger partial charge in [0.15, 0.2) is 0 Å². The number of piperidine rings is 1. The summed E-state index contributed by atoms with van der Waals surface area (Å²) in [7, 11) is 2.19. The number of hydrogen-bond donors (Lipinski definition) is 2. The number of nitrogens with two attached hydrogens (primary N) is 1. The van der Waals surface area contributed by atoms with Gasteiger partial charge in [0.2, 0.25) is 5.95 Å². The number of halogens is 1. The number of likely N-dealkylation sites (tertiary alicyclic amines) is 1. The Hall–Kier alpha value is -3.18. The molecule has 2 atom stereocenters. The lowest BCUT2D eigenvalue weighted by Gasteiger charge is -2.21. The second-order valence-electron chi connectivity index (χ2n) is 9.62. The van der Waals surface area contributed by atoms with Crippen LogP contribution in [0.5, 0.6) is 0 Å². The molecule has 1 aliphatic carbocycles. The summed E-state index contributed by atoms with van der Waals surface area (Å²) in [6.45, 7) is 7.23. The number of nitrogen functional groups attached to an aromatic ring is 1. The lowest BCUT2D eigenvalue weighted by molar-refractivity contribution is 0.363. The van der Waals surface area contributed by atoms with E-state index in [1.165, 1.54) is 24.1 Å². The largest absolute Gasteiger partial charge is 0.385 e. The molecule has 0 radical (unpaired) electrons. The predicted octanol–water partition coefficient (Wildman–Crippen LogP) is 4.46. The fourth-order valence-electron chi connectivity index (χ4n) is 5.81. The molecule has 0 amide bonds. The summed E-state index contributed by atoms with van der Waals surface area (Å²) in [6.07, 6.45) is 2.18. The van der Waals surface area contributed by atoms with Gasteiger partial charge in [-0.1, -0.05) is 49.0 Å². The summed E-state index contributed by atoms with van der Waals surface area (Å²) < 4.78 is 14.9. The molecule has 2 aliphatic heterocycles. The van der Waals surface area contributed by atoms with Gasteiger partial charge < -0.3 is 16.0 Å². The highest BCUT2D eigenvalue weighted by atomic mass is 19.1. The molecule has 1 aromatic heterocycles. The molecule has 162 valence electrons. The molecule has 4 nitrogen and oxygen atoms in total. The summed E-state index contributed by atoms with van der Waals surface area (Å²) in [6, 6.07) is 16.4. The Balaban J connectivity index is 1.36. The van der Waals surface area contributed by atoms with Crippen LogP contribution in [0.25, 0.3) is 28.0 Å². The molecule has 1 saturated carbocycles. The van der Waals surface area contributed by atoms with Gasteiger partial charge in [-0.3, -0.25) is 0 Å². The topological polar surface area (TPSA) is 54.2 Å². The molecule has 0 unspecified atom stereocenters. The summed E-state index contributed by atoms with van der Waals surface area (Å²) >= 11 is 0. The molecule has 6 rings (SSSR count). The zero-order valence-electron chi connectivity index (χ0n) is 18.3. The van der Waals surface area contributed by atoms with Crippen molar-refractivity contribution in [3.63, 3.8) is 0 Å². The van der Waals surface area contributed by atoms with Crippen LogP contribution in [0.4, 0.5) is 10.2 Å². The minimum atomic E-state index is -0.530. The van der Waals surface area contributed by atoms with Gasteiger partial charge in [0.25, 0.3) is 0 Å². The van der Waals surface area contributed by atoms with E-state index in [-0.39, 0.29) is 5.82 Å². The second-order valence-corrected chi connectivity index (χ2v) is 9.62. The van der Waals surface area contributed by atoms with Crippen LogP contribution in [0.15, 0.2) is 55.1 Å². The van der Waals surface area contributed by atoms with E-state index < -0.39 is 5.95 Å². The molecular formula is C27H27FN4. The van der Waals surface area contributed by atoms with Crippen LogP contribution in [0, 0.1) is 11.9 Å². The molecule has 3 aromatic rings. The standard InChI is InChI=1S/C27H27FN4/c1-16-22-8-5-18(11-19(22)9-10-30-16)24-12-23(25(28)31-26(24)29)17-3-6-20(7-4-17)27-13-21(27)14-32(2)15-27/h3-8,11-12,21,30H,1,9-10,13-15H2,2H3,(H2,29,31)/t21-,27+/m1/s1. The molecular weight excluding hydrogens is 399 g/mol. The normalized spacial score (nSPS) is 24.1. The van der Waals surface area contributed by atoms with Crippen LogP contribution in [0.1, 0.15) is 23.1 Å². The van der Waals surface area contributed by atoms with E-state index in [1.54, 1.807) is 0 Å². The van der Waals surface area contributed by atoms with Crippen molar-refractivity contribution in [1.82, 2.24) is 15.2 Å². The van der Waals surface area contributed by atoms with Crippen molar-refractivity contribution < 1.29 is 4.39 Å². The molecule has 5 heteroatoms. The number of nitrogens with one attached hydrogen (secondary N) is 1. The quantitative estimate of drug-likeness (QED) is 0.608. The smallest absolute Gasteiger partial charge is 0.222 e. The third-order valence-electron chi connectivity index (χ3n) is 7.57. The van der Waals surface area contributed by atoms with Gasteiger partial charge in [0.05, 0.1) is 0 Å². The first-order valence-electron chi connectivity index (χ1n) is 11.3. The van der Waals surface area contributed by atoms with Crippen LogP contribution in [-0.2, 0) is 11.8 Å². The van der Waals surface area contributed by atoms with E-state index in [4.69, 9.17) is 5.73 Å². The number of hydrogen-bond acceptors (Lipinski definition) is 4. The maximum Gasteiger partial charge on any atom is 0.222 e. The molecule has 1 saturated heterocycles. The van der Waals surface area contributed by atoms with E-state index in [1.807, 2.05) is 24.3 Å². The van der Waals surface area contributed by atoms with Crippen molar-refractivity contribution in [3.05, 3.63) is 77.7 Å². The van der Waals surface area contributed by atoms with Gasteiger partial charge in [0, 0.05) is 47.4 Å². The van der Waals surface area contributed by atoms with Gasteiger partial charge in [-0.2, -0.15) is 4.39 Å². The first-order valence-corrected chi connectivity index (χ1v) is 11.3. The Bertz CT molecular complexity index is 1250. The van der Waals surface area contributed by atoms with E-state index >= 15 is 0 Å². The number of likely N-dealkylation sites (N-methyl/N-ethyl adjacent to an activating group) is 1. The van der Waals surface area contributed by atoms with Crippen molar-refractivity contribution >= 4 is 11.5 Å². The lowest BCUT2D eigenvalue weighted by Crippen LogP contribution is -2.22. The maximum atomic E-state index is 14.9. The Kier molecular flexibility index (Phi) is 4.21. The average Bonchev–Trinajstić information content (AvgIpc) is 3.36. The molecule has 2 aromatic carbocycles. The Morgan fingerprint density at radius 2 is 1.88 bits per heavy atom. The lowest BCUT2D eigenvalue weighted by atomic mass is 9.91. The summed E-state index contributed by atoms with van der Waals surface area (Å²) in [4.78, 5) is 6.46. The van der Waals surface area contributed by atoms with Gasteiger partial charge >= 0.3 is 0 Å². The Labute approximate surface area is 188 Å². The number of rotatable bonds is 3. The third kappa shape index (κ3) is 2.95. The number of pyridine rings is 1. The molecule has 3 aliphatic rings. The van der Waals surface area contributed by atoms with E-state index in [0.29, 0.717) is 11.0 Å². The number of aromatic nitrogens is 1. The highest BCUT2D eigenvalue weighted by Crippen LogP contribution is 2.58. The Morgan fingerprint density at radius 1 is 1.09 bits per heavy atom. The summed E-state index contributed by atoms with van der Waals surface area (Å²) in [5.41, 5.74) is 14.1. The average molecular weight is 427 g/mol. The molecule has 2 fully saturated rings. The first-order chi connectivity index (χ1) is 15.4. The van der Waals surface area contributed by atoms with Gasteiger partial charge in [-0.15, -0.1) is 0 Å². The summed E-state index contributed by atoms with van der Waals surface area (Å²) in [5, 5.41) is 3.30. The van der Waals surface area contributed by atoms with Crippen LogP contribution >= 0.6 is 0 Å². The fraction of sp³-hybridized carbons (Fsp3) is 0.296. The van der Waals surface area contributed by atoms with E-state index in [9.17, 15) is 4.39 Å². The van der Waals surface area contributed by atoms with Gasteiger partial charge in [0.1, 0.15) is 5.82 Å². The zero-order chi connectivity index (χ0) is 22.0. The maximum absolute atomic E-state index is 14.9. The number of benzene rings is 2. The van der Waals surface area contributed by atoms with Crippen molar-refractivity contribution in [3.8, 4) is 22.3 Å². The van der Waals surface area contributed by atoms with Crippen molar-refractivity contribution in [1.29, 1.82) is 0 Å². The van der Waals surface area contributed by atoms with E-state index in [0.717, 1.165) is 53.4 Å². The van der Waals surface area contributed by atoms with Crippen LogP contribution in [0.2, 0.25) is 0 Å². The van der Waals surface area contributed by atoms with Crippen molar-refractivity contribution in [2.75, 3.05) is 32.4 Å². The fourth-order valence-corrected chi connectivity index (χ4v) is 5.81. The molecule has 0 bridgehead atoms. The SMILES string of the molecule is C=C1NCCc2cc(-c3cc(-c4ccc([C@@]56C[C@@H]5CN(C)C6)cc4)c(F)nc3N)ccc21. The number of fused-ring (bicyclic) bond motifs is 2. The zero-order valence-corrected chi connectivity index (χ0v) is 18.3. The highest BCUT2D eigenvalue weighted by Gasteiger charge is 2.59. The molecule has 0 spiro atoms. The predicted molar refractivity (Wildman–Crippen MR) is 128 cm³/mol. The van der Waals surface area contributed by atoms with Crippen molar-refractivity contribution in [2.24, 2.45) is 5.92 Å². The first kappa shape index (κ1) is 19.5. The number of nitrogens with zero attached hydrogens (tertiary/aromatic N) is 2. The molecule has 3 N–H and O–H groups in total. The highest BCUT2D eigenvalue weighted by molar-refractivity contribution is 5.81. The summed E-state index contributed by atoms with van der Waals surface area (Å²) in [5.74, 6) is 0.442. The monoisotopic (exact) mass is 426 g/mol. The van der Waals surface area contributed by atoms with Crippen molar-refractivity contribution in [2.45, 2.75) is 18.3 Å². The molecule has 32 heavy (non-hydrogen) atoms. The van der Waals surface area contributed by atoms with E-state index in [2.05, 4.69) is 53.1 Å². The molecule has 3 heterocycles. The van der Waals surface area contributed by atoms with Crippen LogP contribution < -0.4 is 11.1 Å².